The lowest BCUT2D eigenvalue weighted by Gasteiger charge is -2.11. The molecule has 0 aliphatic carbocycles. The van der Waals surface area contributed by atoms with Crippen LogP contribution in [-0.4, -0.2) is 28.5 Å². The van der Waals surface area contributed by atoms with Gasteiger partial charge in [-0.15, -0.1) is 0 Å². The molecule has 7 heteroatoms. The second-order valence-electron chi connectivity index (χ2n) is 5.68. The highest BCUT2D eigenvalue weighted by atomic mass is 16.5. The third-order valence-electron chi connectivity index (χ3n) is 3.94. The number of carbonyl (C=O) groups excluding carboxylic acids is 2. The van der Waals surface area contributed by atoms with Crippen molar-refractivity contribution in [1.82, 2.24) is 9.55 Å². The van der Waals surface area contributed by atoms with E-state index < -0.39 is 5.97 Å². The number of anilines is 1. The molecule has 0 spiro atoms. The summed E-state index contributed by atoms with van der Waals surface area (Å²) in [5.74, 6) is -0.352. The lowest BCUT2D eigenvalue weighted by Crippen LogP contribution is -2.30. The number of esters is 1. The maximum Gasteiger partial charge on any atom is 0.337 e. The van der Waals surface area contributed by atoms with Crippen LogP contribution in [0.5, 0.6) is 0 Å². The van der Waals surface area contributed by atoms with Crippen molar-refractivity contribution < 1.29 is 14.3 Å². The zero-order chi connectivity index (χ0) is 18.7. The first-order valence-electron chi connectivity index (χ1n) is 7.94. The van der Waals surface area contributed by atoms with E-state index >= 15 is 0 Å². The molecule has 3 aromatic rings. The maximum absolute atomic E-state index is 12.6. The zero-order valence-electron chi connectivity index (χ0n) is 14.4. The van der Waals surface area contributed by atoms with Gasteiger partial charge in [-0.2, -0.15) is 0 Å². The molecule has 0 aliphatic heterocycles. The summed E-state index contributed by atoms with van der Waals surface area (Å²) in [6, 6.07) is 13.3. The number of nitrogens with zero attached hydrogens (tertiary/aromatic N) is 2. The van der Waals surface area contributed by atoms with Crippen LogP contribution < -0.4 is 10.9 Å². The molecule has 132 valence electrons. The summed E-state index contributed by atoms with van der Waals surface area (Å²) in [5, 5.41) is 3.16. The average Bonchev–Trinajstić information content (AvgIpc) is 2.65. The minimum absolute atomic E-state index is 0.152. The van der Waals surface area contributed by atoms with E-state index in [1.54, 1.807) is 49.4 Å². The Labute approximate surface area is 149 Å². The van der Waals surface area contributed by atoms with E-state index in [1.807, 2.05) is 6.07 Å². The first kappa shape index (κ1) is 17.3. The Morgan fingerprint density at radius 3 is 2.50 bits per heavy atom. The lowest BCUT2D eigenvalue weighted by atomic mass is 10.2. The van der Waals surface area contributed by atoms with Gasteiger partial charge in [0.15, 0.2) is 0 Å². The third-order valence-corrected chi connectivity index (χ3v) is 3.94. The van der Waals surface area contributed by atoms with E-state index in [2.05, 4.69) is 15.0 Å². The summed E-state index contributed by atoms with van der Waals surface area (Å²) in [6.07, 6.45) is 0. The lowest BCUT2D eigenvalue weighted by molar-refractivity contribution is -0.116. The van der Waals surface area contributed by atoms with Crippen LogP contribution in [0.2, 0.25) is 0 Å². The second-order valence-corrected chi connectivity index (χ2v) is 5.68. The number of para-hydroxylation sites is 1. The Bertz CT molecular complexity index is 1040. The molecule has 0 aliphatic rings. The predicted molar refractivity (Wildman–Crippen MR) is 97.2 cm³/mol. The summed E-state index contributed by atoms with van der Waals surface area (Å²) in [7, 11) is 1.30. The van der Waals surface area contributed by atoms with Gasteiger partial charge in [0.05, 0.1) is 23.6 Å². The molecule has 7 nitrogen and oxygen atoms in total. The molecule has 1 N–H and O–H groups in total. The molecule has 3 rings (SSSR count). The van der Waals surface area contributed by atoms with Crippen molar-refractivity contribution in [1.29, 1.82) is 0 Å². The molecule has 0 unspecified atom stereocenters. The number of aromatic nitrogens is 2. The topological polar surface area (TPSA) is 90.3 Å². The average molecular weight is 351 g/mol. The van der Waals surface area contributed by atoms with Crippen LogP contribution in [0, 0.1) is 6.92 Å². The van der Waals surface area contributed by atoms with Crippen molar-refractivity contribution in [3.8, 4) is 0 Å². The van der Waals surface area contributed by atoms with E-state index in [4.69, 9.17) is 0 Å². The van der Waals surface area contributed by atoms with Crippen molar-refractivity contribution in [3.05, 3.63) is 70.3 Å². The normalized spacial score (nSPS) is 10.5. The molecule has 0 fully saturated rings. The molecule has 0 bridgehead atoms. The number of rotatable bonds is 4. The van der Waals surface area contributed by atoms with Crippen molar-refractivity contribution in [2.45, 2.75) is 13.5 Å². The van der Waals surface area contributed by atoms with Gasteiger partial charge in [0, 0.05) is 5.69 Å². The van der Waals surface area contributed by atoms with Crippen LogP contribution in [0.3, 0.4) is 0 Å². The first-order chi connectivity index (χ1) is 12.5. The van der Waals surface area contributed by atoms with E-state index in [0.717, 1.165) is 0 Å². The first-order valence-corrected chi connectivity index (χ1v) is 7.94. The zero-order valence-corrected chi connectivity index (χ0v) is 14.4. The fraction of sp³-hybridized carbons (Fsp3) is 0.158. The highest BCUT2D eigenvalue weighted by molar-refractivity contribution is 5.93. The number of carbonyl (C=O) groups is 2. The maximum atomic E-state index is 12.6. The summed E-state index contributed by atoms with van der Waals surface area (Å²) < 4.78 is 5.96. The number of amides is 1. The molecule has 0 saturated heterocycles. The van der Waals surface area contributed by atoms with Gasteiger partial charge in [0.25, 0.3) is 5.56 Å². The molecule has 0 atom stereocenters. The quantitative estimate of drug-likeness (QED) is 0.727. The summed E-state index contributed by atoms with van der Waals surface area (Å²) >= 11 is 0. The van der Waals surface area contributed by atoms with Gasteiger partial charge in [-0.25, -0.2) is 9.78 Å². The van der Waals surface area contributed by atoms with Gasteiger partial charge in [0.2, 0.25) is 5.91 Å². The number of ether oxygens (including phenoxy) is 1. The molecular formula is C19H17N3O4. The fourth-order valence-electron chi connectivity index (χ4n) is 2.62. The van der Waals surface area contributed by atoms with E-state index in [-0.39, 0.29) is 18.0 Å². The second kappa shape index (κ2) is 7.18. The Morgan fingerprint density at radius 1 is 1.12 bits per heavy atom. The molecule has 26 heavy (non-hydrogen) atoms. The monoisotopic (exact) mass is 351 g/mol. The number of methoxy groups -OCH3 is 1. The van der Waals surface area contributed by atoms with Gasteiger partial charge in [0.1, 0.15) is 12.4 Å². The van der Waals surface area contributed by atoms with E-state index in [9.17, 15) is 14.4 Å². The van der Waals surface area contributed by atoms with Crippen molar-refractivity contribution in [2.75, 3.05) is 12.4 Å². The Balaban J connectivity index is 1.79. The van der Waals surface area contributed by atoms with Gasteiger partial charge in [-0.05, 0) is 43.3 Å². The van der Waals surface area contributed by atoms with E-state index in [0.29, 0.717) is 28.0 Å². The van der Waals surface area contributed by atoms with E-state index in [1.165, 1.54) is 11.7 Å². The molecule has 1 amide bonds. The molecule has 1 aromatic heterocycles. The van der Waals surface area contributed by atoms with Crippen LogP contribution in [0.25, 0.3) is 10.9 Å². The molecule has 0 saturated carbocycles. The van der Waals surface area contributed by atoms with Gasteiger partial charge < -0.3 is 10.1 Å². The number of fused-ring (bicyclic) bond motifs is 1. The number of nitrogens with one attached hydrogen (secondary N) is 1. The molecule has 2 aromatic carbocycles. The SMILES string of the molecule is COC(=O)c1ccc(NC(=O)Cn2c(C)nc3ccccc3c2=O)cc1. The van der Waals surface area contributed by atoms with Crippen molar-refractivity contribution >= 4 is 28.5 Å². The third kappa shape index (κ3) is 3.46. The fourth-order valence-corrected chi connectivity index (χ4v) is 2.62. The van der Waals surface area contributed by atoms with Crippen molar-refractivity contribution in [3.63, 3.8) is 0 Å². The van der Waals surface area contributed by atoms with Crippen LogP contribution in [-0.2, 0) is 16.1 Å². The Kier molecular flexibility index (Phi) is 4.79. The molecule has 1 heterocycles. The number of hydrogen-bond acceptors (Lipinski definition) is 5. The minimum Gasteiger partial charge on any atom is -0.465 e. The highest BCUT2D eigenvalue weighted by Crippen LogP contribution is 2.11. The standard InChI is InChI=1S/C19H17N3O4/c1-12-20-16-6-4-3-5-15(16)18(24)22(12)11-17(23)21-14-9-7-13(8-10-14)19(25)26-2/h3-10H,11H2,1-2H3,(H,21,23). The minimum atomic E-state index is -0.452. The molecule has 0 radical (unpaired) electrons. The summed E-state index contributed by atoms with van der Waals surface area (Å²) in [4.78, 5) is 40.7. The number of benzene rings is 2. The van der Waals surface area contributed by atoms with Crippen LogP contribution in [0.15, 0.2) is 53.3 Å². The number of aryl methyl sites for hydroxylation is 1. The smallest absolute Gasteiger partial charge is 0.337 e. The Hall–Kier alpha value is -3.48. The largest absolute Gasteiger partial charge is 0.465 e. The van der Waals surface area contributed by atoms with Crippen LogP contribution >= 0.6 is 0 Å². The highest BCUT2D eigenvalue weighted by Gasteiger charge is 2.12. The van der Waals surface area contributed by atoms with Gasteiger partial charge >= 0.3 is 5.97 Å². The van der Waals surface area contributed by atoms with Gasteiger partial charge in [-0.1, -0.05) is 12.1 Å². The van der Waals surface area contributed by atoms with Crippen LogP contribution in [0.1, 0.15) is 16.2 Å². The van der Waals surface area contributed by atoms with Crippen LogP contribution in [0.4, 0.5) is 5.69 Å². The Morgan fingerprint density at radius 2 is 1.81 bits per heavy atom. The molecular weight excluding hydrogens is 334 g/mol. The van der Waals surface area contributed by atoms with Crippen molar-refractivity contribution in [2.24, 2.45) is 0 Å². The summed E-state index contributed by atoms with van der Waals surface area (Å²) in [6.45, 7) is 1.54. The summed E-state index contributed by atoms with van der Waals surface area (Å²) in [5.41, 5.74) is 1.24. The predicted octanol–water partition coefficient (Wildman–Crippen LogP) is 2.13. The number of hydrogen-bond donors (Lipinski definition) is 1. The van der Waals surface area contributed by atoms with Gasteiger partial charge in [-0.3, -0.25) is 14.2 Å².